The minimum absolute atomic E-state index is 0.0452. The van der Waals surface area contributed by atoms with E-state index in [0.29, 0.717) is 0 Å². The third-order valence-corrected chi connectivity index (χ3v) is 3.15. The summed E-state index contributed by atoms with van der Waals surface area (Å²) < 4.78 is 0. The SMILES string of the molecule is CC(=O)N1CC(O)CC1C(=O)NC(CS)C(=O)O. The number of aliphatic carboxylic acids is 1. The van der Waals surface area contributed by atoms with Crippen molar-refractivity contribution in [2.75, 3.05) is 12.3 Å². The average molecular weight is 276 g/mol. The molecule has 0 aromatic carbocycles. The van der Waals surface area contributed by atoms with E-state index in [0.717, 1.165) is 0 Å². The molecule has 1 heterocycles. The van der Waals surface area contributed by atoms with Crippen LogP contribution in [0.1, 0.15) is 13.3 Å². The quantitative estimate of drug-likeness (QED) is 0.466. The molecule has 18 heavy (non-hydrogen) atoms. The Morgan fingerprint density at radius 3 is 2.56 bits per heavy atom. The van der Waals surface area contributed by atoms with Gasteiger partial charge in [0.1, 0.15) is 12.1 Å². The van der Waals surface area contributed by atoms with Crippen molar-refractivity contribution in [2.45, 2.75) is 31.5 Å². The maximum absolute atomic E-state index is 11.9. The number of nitrogens with zero attached hydrogens (tertiary/aromatic N) is 1. The van der Waals surface area contributed by atoms with Gasteiger partial charge in [-0.05, 0) is 0 Å². The van der Waals surface area contributed by atoms with Crippen molar-refractivity contribution in [1.29, 1.82) is 0 Å². The average Bonchev–Trinajstić information content (AvgIpc) is 2.67. The maximum Gasteiger partial charge on any atom is 0.327 e. The molecule has 3 N–H and O–H groups in total. The van der Waals surface area contributed by atoms with Gasteiger partial charge in [0.25, 0.3) is 0 Å². The molecule has 3 atom stereocenters. The predicted octanol–water partition coefficient (Wildman–Crippen LogP) is -1.53. The second-order valence-electron chi connectivity index (χ2n) is 4.16. The Morgan fingerprint density at radius 2 is 2.11 bits per heavy atom. The molecule has 1 rings (SSSR count). The van der Waals surface area contributed by atoms with E-state index in [9.17, 15) is 19.5 Å². The number of rotatable bonds is 4. The van der Waals surface area contributed by atoms with Crippen LogP contribution in [0.5, 0.6) is 0 Å². The van der Waals surface area contributed by atoms with Gasteiger partial charge in [-0.2, -0.15) is 12.6 Å². The summed E-state index contributed by atoms with van der Waals surface area (Å²) in [5.74, 6) is -2.14. The first kappa shape index (κ1) is 14.8. The van der Waals surface area contributed by atoms with Crippen molar-refractivity contribution < 1.29 is 24.6 Å². The van der Waals surface area contributed by atoms with Crippen LogP contribution in [0.3, 0.4) is 0 Å². The highest BCUT2D eigenvalue weighted by atomic mass is 32.1. The summed E-state index contributed by atoms with van der Waals surface area (Å²) in [5, 5.41) is 20.6. The molecule has 2 amide bonds. The summed E-state index contributed by atoms with van der Waals surface area (Å²) in [6, 6.07) is -1.92. The standard InChI is InChI=1S/C10H16N2O5S/c1-5(13)12-3-6(14)2-8(12)9(15)11-7(4-18)10(16)17/h6-8,14,18H,2-4H2,1H3,(H,11,15)(H,16,17). The van der Waals surface area contributed by atoms with Crippen LogP contribution in [0.2, 0.25) is 0 Å². The Balaban J connectivity index is 2.70. The Kier molecular flexibility index (Phi) is 4.97. The van der Waals surface area contributed by atoms with E-state index in [2.05, 4.69) is 17.9 Å². The van der Waals surface area contributed by atoms with Crippen molar-refractivity contribution >= 4 is 30.4 Å². The van der Waals surface area contributed by atoms with E-state index < -0.39 is 30.1 Å². The molecule has 1 fully saturated rings. The zero-order chi connectivity index (χ0) is 13.9. The van der Waals surface area contributed by atoms with Crippen LogP contribution in [0.25, 0.3) is 0 Å². The van der Waals surface area contributed by atoms with Crippen LogP contribution < -0.4 is 5.32 Å². The number of aliphatic hydroxyl groups is 1. The molecule has 1 aliphatic heterocycles. The normalized spacial score (nSPS) is 24.7. The Bertz CT molecular complexity index is 362. The lowest BCUT2D eigenvalue weighted by Crippen LogP contribution is -2.51. The van der Waals surface area contributed by atoms with Crippen LogP contribution in [0.4, 0.5) is 0 Å². The minimum Gasteiger partial charge on any atom is -0.480 e. The lowest BCUT2D eigenvalue weighted by atomic mass is 10.1. The van der Waals surface area contributed by atoms with Gasteiger partial charge < -0.3 is 20.4 Å². The third kappa shape index (κ3) is 3.36. The summed E-state index contributed by atoms with van der Waals surface area (Å²) in [4.78, 5) is 35.2. The first-order valence-electron chi connectivity index (χ1n) is 5.46. The molecule has 1 aliphatic rings. The predicted molar refractivity (Wildman–Crippen MR) is 65.2 cm³/mol. The molecule has 0 bridgehead atoms. The molecule has 8 heteroatoms. The number of β-amino-alcohol motifs (C(OH)–C–C–N with tert-alkyl or cyclic N) is 1. The number of hydrogen-bond donors (Lipinski definition) is 4. The van der Waals surface area contributed by atoms with Gasteiger partial charge in [0.15, 0.2) is 0 Å². The van der Waals surface area contributed by atoms with E-state index in [1.807, 2.05) is 0 Å². The van der Waals surface area contributed by atoms with Crippen LogP contribution in [-0.2, 0) is 14.4 Å². The molecule has 0 aliphatic carbocycles. The van der Waals surface area contributed by atoms with E-state index in [-0.39, 0.29) is 24.6 Å². The fourth-order valence-corrected chi connectivity index (χ4v) is 2.11. The smallest absolute Gasteiger partial charge is 0.327 e. The molecule has 0 saturated carbocycles. The van der Waals surface area contributed by atoms with E-state index >= 15 is 0 Å². The summed E-state index contributed by atoms with van der Waals surface area (Å²) in [7, 11) is 0. The van der Waals surface area contributed by atoms with Crippen LogP contribution in [-0.4, -0.2) is 63.4 Å². The summed E-state index contributed by atoms with van der Waals surface area (Å²) in [6.07, 6.45) is -0.645. The molecule has 0 radical (unpaired) electrons. The number of hydrogen-bond acceptors (Lipinski definition) is 5. The number of aliphatic hydroxyl groups excluding tert-OH is 1. The van der Waals surface area contributed by atoms with Crippen LogP contribution in [0, 0.1) is 0 Å². The minimum atomic E-state index is -1.19. The fourth-order valence-electron chi connectivity index (χ4n) is 1.86. The fraction of sp³-hybridized carbons (Fsp3) is 0.700. The lowest BCUT2D eigenvalue weighted by molar-refractivity contribution is -0.142. The maximum atomic E-state index is 11.9. The number of amides is 2. The first-order chi connectivity index (χ1) is 8.36. The molecule has 1 saturated heterocycles. The Hall–Kier alpha value is -1.28. The van der Waals surface area contributed by atoms with Gasteiger partial charge in [-0.15, -0.1) is 0 Å². The number of nitrogens with one attached hydrogen (secondary N) is 1. The van der Waals surface area contributed by atoms with Crippen molar-refractivity contribution in [3.05, 3.63) is 0 Å². The highest BCUT2D eigenvalue weighted by Crippen LogP contribution is 2.18. The van der Waals surface area contributed by atoms with E-state index in [4.69, 9.17) is 5.11 Å². The number of carboxylic acids is 1. The monoisotopic (exact) mass is 276 g/mol. The Morgan fingerprint density at radius 1 is 1.50 bits per heavy atom. The molecule has 7 nitrogen and oxygen atoms in total. The van der Waals surface area contributed by atoms with Crippen molar-refractivity contribution in [1.82, 2.24) is 10.2 Å². The molecular formula is C10H16N2O5S. The van der Waals surface area contributed by atoms with Gasteiger partial charge >= 0.3 is 5.97 Å². The number of carbonyl (C=O) groups is 3. The van der Waals surface area contributed by atoms with Gasteiger partial charge in [0, 0.05) is 25.6 Å². The highest BCUT2D eigenvalue weighted by molar-refractivity contribution is 7.80. The third-order valence-electron chi connectivity index (χ3n) is 2.78. The van der Waals surface area contributed by atoms with Gasteiger partial charge in [-0.25, -0.2) is 4.79 Å². The van der Waals surface area contributed by atoms with E-state index in [1.54, 1.807) is 0 Å². The molecule has 0 spiro atoms. The van der Waals surface area contributed by atoms with Gasteiger partial charge in [-0.1, -0.05) is 0 Å². The number of carbonyl (C=O) groups excluding carboxylic acids is 2. The molecule has 0 aromatic heterocycles. The zero-order valence-corrected chi connectivity index (χ0v) is 10.8. The molecule has 3 unspecified atom stereocenters. The first-order valence-corrected chi connectivity index (χ1v) is 6.09. The van der Waals surface area contributed by atoms with Crippen molar-refractivity contribution in [3.63, 3.8) is 0 Å². The molecule has 102 valence electrons. The zero-order valence-electron chi connectivity index (χ0n) is 9.87. The van der Waals surface area contributed by atoms with Crippen molar-refractivity contribution in [2.24, 2.45) is 0 Å². The lowest BCUT2D eigenvalue weighted by Gasteiger charge is -2.23. The second kappa shape index (κ2) is 6.05. The number of likely N-dealkylation sites (tertiary alicyclic amines) is 1. The van der Waals surface area contributed by atoms with Crippen LogP contribution >= 0.6 is 12.6 Å². The van der Waals surface area contributed by atoms with E-state index in [1.165, 1.54) is 11.8 Å². The molecule has 0 aromatic rings. The molecular weight excluding hydrogens is 260 g/mol. The van der Waals surface area contributed by atoms with Gasteiger partial charge in [0.2, 0.25) is 11.8 Å². The van der Waals surface area contributed by atoms with Crippen LogP contribution in [0.15, 0.2) is 0 Å². The Labute approximate surface area is 110 Å². The topological polar surface area (TPSA) is 107 Å². The van der Waals surface area contributed by atoms with Gasteiger partial charge in [-0.3, -0.25) is 9.59 Å². The summed E-state index contributed by atoms with van der Waals surface area (Å²) in [6.45, 7) is 1.39. The number of carboxylic acid groups (broad SMARTS) is 1. The largest absolute Gasteiger partial charge is 0.480 e. The second-order valence-corrected chi connectivity index (χ2v) is 4.52. The van der Waals surface area contributed by atoms with Crippen molar-refractivity contribution in [3.8, 4) is 0 Å². The highest BCUT2D eigenvalue weighted by Gasteiger charge is 2.38. The summed E-state index contributed by atoms with van der Waals surface area (Å²) in [5.41, 5.74) is 0. The van der Waals surface area contributed by atoms with Gasteiger partial charge in [0.05, 0.1) is 6.10 Å². The summed E-state index contributed by atoms with van der Waals surface area (Å²) >= 11 is 3.83. The number of thiol groups is 1.